The summed E-state index contributed by atoms with van der Waals surface area (Å²) >= 11 is 0. The van der Waals surface area contributed by atoms with Crippen LogP contribution in [-0.2, 0) is 22.4 Å². The van der Waals surface area contributed by atoms with Gasteiger partial charge in [-0.25, -0.2) is 4.79 Å². The Morgan fingerprint density at radius 3 is 2.76 bits per heavy atom. The van der Waals surface area contributed by atoms with Crippen LogP contribution in [0.1, 0.15) is 17.5 Å². The van der Waals surface area contributed by atoms with E-state index in [9.17, 15) is 14.4 Å². The first-order valence-corrected chi connectivity index (χ1v) is 9.29. The highest BCUT2D eigenvalue weighted by Crippen LogP contribution is 2.31. The molecule has 3 rings (SSSR count). The highest BCUT2D eigenvalue weighted by Gasteiger charge is 2.25. The second-order valence-electron chi connectivity index (χ2n) is 6.69. The number of amides is 3. The Morgan fingerprint density at radius 2 is 2.00 bits per heavy atom. The molecule has 152 valence electrons. The van der Waals surface area contributed by atoms with Crippen LogP contribution in [0.5, 0.6) is 5.75 Å². The Kier molecular flexibility index (Phi) is 6.33. The summed E-state index contributed by atoms with van der Waals surface area (Å²) in [5, 5.41) is 13.8. The molecule has 0 fully saturated rings. The number of benzene rings is 2. The van der Waals surface area contributed by atoms with Crippen LogP contribution in [0.4, 0.5) is 16.2 Å². The molecule has 2 aromatic carbocycles. The number of carbonyl (C=O) groups is 3. The van der Waals surface area contributed by atoms with Crippen molar-refractivity contribution in [2.45, 2.75) is 19.3 Å². The van der Waals surface area contributed by atoms with Gasteiger partial charge in [0, 0.05) is 24.5 Å². The molecule has 2 aromatic rings. The number of carboxylic acid groups (broad SMARTS) is 1. The normalized spacial score (nSPS) is 12.2. The topological polar surface area (TPSA) is 108 Å². The number of carboxylic acids is 1. The lowest BCUT2D eigenvalue weighted by Crippen LogP contribution is -2.31. The summed E-state index contributed by atoms with van der Waals surface area (Å²) in [5.41, 5.74) is 3.23. The van der Waals surface area contributed by atoms with Gasteiger partial charge in [0.15, 0.2) is 0 Å². The van der Waals surface area contributed by atoms with Gasteiger partial charge >= 0.3 is 12.0 Å². The van der Waals surface area contributed by atoms with E-state index in [4.69, 9.17) is 9.84 Å². The summed E-state index contributed by atoms with van der Waals surface area (Å²) in [6.45, 7) is 0.629. The highest BCUT2D eigenvalue weighted by atomic mass is 16.5. The van der Waals surface area contributed by atoms with Crippen molar-refractivity contribution in [2.75, 3.05) is 30.4 Å². The van der Waals surface area contributed by atoms with E-state index < -0.39 is 12.0 Å². The van der Waals surface area contributed by atoms with Gasteiger partial charge < -0.3 is 25.4 Å². The molecule has 0 bridgehead atoms. The predicted octanol–water partition coefficient (Wildman–Crippen LogP) is 2.42. The monoisotopic (exact) mass is 397 g/mol. The second-order valence-corrected chi connectivity index (χ2v) is 6.69. The molecule has 1 aliphatic rings. The minimum atomic E-state index is -0.979. The fourth-order valence-electron chi connectivity index (χ4n) is 3.23. The van der Waals surface area contributed by atoms with Crippen molar-refractivity contribution < 1.29 is 24.2 Å². The largest absolute Gasteiger partial charge is 0.497 e. The van der Waals surface area contributed by atoms with Crippen molar-refractivity contribution in [1.82, 2.24) is 5.32 Å². The molecule has 8 nitrogen and oxygen atoms in total. The molecule has 0 unspecified atom stereocenters. The first-order valence-electron chi connectivity index (χ1n) is 9.29. The number of carbonyl (C=O) groups excluding carboxylic acids is 2. The lowest BCUT2D eigenvalue weighted by molar-refractivity contribution is -0.136. The molecule has 0 saturated heterocycles. The van der Waals surface area contributed by atoms with Crippen LogP contribution >= 0.6 is 0 Å². The van der Waals surface area contributed by atoms with Crippen molar-refractivity contribution in [3.05, 3.63) is 53.6 Å². The Balaban J connectivity index is 1.66. The first-order chi connectivity index (χ1) is 14.0. The summed E-state index contributed by atoms with van der Waals surface area (Å²) < 4.78 is 5.21. The molecule has 0 spiro atoms. The van der Waals surface area contributed by atoms with Crippen molar-refractivity contribution >= 4 is 29.3 Å². The third kappa shape index (κ3) is 5.25. The van der Waals surface area contributed by atoms with Gasteiger partial charge in [-0.05, 0) is 41.8 Å². The smallest absolute Gasteiger partial charge is 0.319 e. The van der Waals surface area contributed by atoms with Gasteiger partial charge in [-0.1, -0.05) is 18.2 Å². The van der Waals surface area contributed by atoms with Crippen LogP contribution in [0, 0.1) is 0 Å². The Hall–Kier alpha value is -3.55. The number of urea groups is 1. The fourth-order valence-corrected chi connectivity index (χ4v) is 3.23. The molecule has 3 amide bonds. The molecule has 0 radical (unpaired) electrons. The van der Waals surface area contributed by atoms with Crippen molar-refractivity contribution in [2.24, 2.45) is 0 Å². The van der Waals surface area contributed by atoms with Gasteiger partial charge in [0.25, 0.3) is 0 Å². The molecule has 0 aromatic heterocycles. The maximum absolute atomic E-state index is 12.8. The van der Waals surface area contributed by atoms with E-state index in [1.807, 2.05) is 30.3 Å². The van der Waals surface area contributed by atoms with Crippen LogP contribution in [-0.4, -0.2) is 43.2 Å². The summed E-state index contributed by atoms with van der Waals surface area (Å²) in [5.74, 6) is -0.300. The summed E-state index contributed by atoms with van der Waals surface area (Å²) in [7, 11) is 1.59. The number of fused-ring (bicyclic) bond motifs is 1. The number of hydrogen-bond acceptors (Lipinski definition) is 4. The average Bonchev–Trinajstić information content (AvgIpc) is 3.11. The van der Waals surface area contributed by atoms with Gasteiger partial charge in [0.1, 0.15) is 5.75 Å². The number of methoxy groups -OCH3 is 1. The highest BCUT2D eigenvalue weighted by molar-refractivity contribution is 5.98. The minimum absolute atomic E-state index is 0.0277. The molecule has 8 heteroatoms. The summed E-state index contributed by atoms with van der Waals surface area (Å²) in [6, 6.07) is 12.3. The molecule has 1 aliphatic heterocycles. The molecular formula is C21H23N3O5. The first kappa shape index (κ1) is 20.2. The van der Waals surface area contributed by atoms with Gasteiger partial charge in [0.2, 0.25) is 5.91 Å². The molecule has 0 aliphatic carbocycles. The van der Waals surface area contributed by atoms with Gasteiger partial charge in [-0.3, -0.25) is 9.59 Å². The Labute approximate surface area is 168 Å². The van der Waals surface area contributed by atoms with E-state index in [2.05, 4.69) is 10.6 Å². The van der Waals surface area contributed by atoms with Crippen LogP contribution in [0.3, 0.4) is 0 Å². The zero-order valence-corrected chi connectivity index (χ0v) is 16.1. The predicted molar refractivity (Wildman–Crippen MR) is 108 cm³/mol. The third-order valence-corrected chi connectivity index (χ3v) is 4.65. The number of hydrogen-bond donors (Lipinski definition) is 3. The Bertz CT molecular complexity index is 928. The van der Waals surface area contributed by atoms with Crippen molar-refractivity contribution in [3.8, 4) is 5.75 Å². The van der Waals surface area contributed by atoms with Gasteiger partial charge in [0.05, 0.1) is 20.0 Å². The van der Waals surface area contributed by atoms with Crippen molar-refractivity contribution in [3.63, 3.8) is 0 Å². The Morgan fingerprint density at radius 1 is 1.17 bits per heavy atom. The SMILES string of the molecule is COc1cccc(CC(=O)N2CCc3ccc(NC(=O)NCCC(=O)O)cc32)c1. The summed E-state index contributed by atoms with van der Waals surface area (Å²) in [6.07, 6.45) is 0.860. The number of ether oxygens (including phenoxy) is 1. The van der Waals surface area contributed by atoms with Gasteiger partial charge in [-0.2, -0.15) is 0 Å². The van der Waals surface area contributed by atoms with E-state index in [0.717, 1.165) is 23.2 Å². The minimum Gasteiger partial charge on any atom is -0.497 e. The van der Waals surface area contributed by atoms with E-state index >= 15 is 0 Å². The van der Waals surface area contributed by atoms with Crippen LogP contribution in [0.2, 0.25) is 0 Å². The van der Waals surface area contributed by atoms with Crippen LogP contribution < -0.4 is 20.3 Å². The van der Waals surface area contributed by atoms with E-state index in [0.29, 0.717) is 18.0 Å². The third-order valence-electron chi connectivity index (χ3n) is 4.65. The maximum atomic E-state index is 12.8. The number of nitrogens with one attached hydrogen (secondary N) is 2. The molecule has 0 saturated carbocycles. The molecule has 1 heterocycles. The quantitative estimate of drug-likeness (QED) is 0.665. The van der Waals surface area contributed by atoms with E-state index in [1.54, 1.807) is 24.1 Å². The van der Waals surface area contributed by atoms with E-state index in [1.165, 1.54) is 0 Å². The molecule has 3 N–H and O–H groups in total. The van der Waals surface area contributed by atoms with Gasteiger partial charge in [-0.15, -0.1) is 0 Å². The zero-order valence-electron chi connectivity index (χ0n) is 16.1. The van der Waals surface area contributed by atoms with Crippen molar-refractivity contribution in [1.29, 1.82) is 0 Å². The summed E-state index contributed by atoms with van der Waals surface area (Å²) in [4.78, 5) is 37.0. The van der Waals surface area contributed by atoms with Crippen LogP contribution in [0.25, 0.3) is 0 Å². The average molecular weight is 397 g/mol. The van der Waals surface area contributed by atoms with Crippen LogP contribution in [0.15, 0.2) is 42.5 Å². The zero-order chi connectivity index (χ0) is 20.8. The fraction of sp³-hybridized carbons (Fsp3) is 0.286. The maximum Gasteiger partial charge on any atom is 0.319 e. The van der Waals surface area contributed by atoms with E-state index in [-0.39, 0.29) is 25.3 Å². The molecule has 0 atom stereocenters. The lowest BCUT2D eigenvalue weighted by atomic mass is 10.1. The second kappa shape index (κ2) is 9.09. The number of rotatable bonds is 7. The lowest BCUT2D eigenvalue weighted by Gasteiger charge is -2.18. The standard InChI is InChI=1S/C21H23N3O5/c1-29-17-4-2-3-14(11-17)12-19(25)24-10-8-15-5-6-16(13-18(15)24)23-21(28)22-9-7-20(26)27/h2-6,11,13H,7-10,12H2,1H3,(H,26,27)(H2,22,23,28). The number of nitrogens with zero attached hydrogens (tertiary/aromatic N) is 1. The number of anilines is 2. The molecule has 29 heavy (non-hydrogen) atoms. The number of aliphatic carboxylic acids is 1. The molecular weight excluding hydrogens is 374 g/mol.